The minimum atomic E-state index is 0.226. The normalized spacial score (nSPS) is 10.4. The van der Waals surface area contributed by atoms with Crippen LogP contribution in [0.25, 0.3) is 0 Å². The Labute approximate surface area is 92.5 Å². The van der Waals surface area contributed by atoms with Crippen LogP contribution in [0, 0.1) is 6.92 Å². The first-order chi connectivity index (χ1) is 7.22. The van der Waals surface area contributed by atoms with Crippen molar-refractivity contribution in [3.05, 3.63) is 29.3 Å². The van der Waals surface area contributed by atoms with Gasteiger partial charge in [-0.2, -0.15) is 0 Å². The van der Waals surface area contributed by atoms with E-state index < -0.39 is 0 Å². The molecule has 1 aromatic carbocycles. The van der Waals surface area contributed by atoms with Gasteiger partial charge in [0.05, 0.1) is 0 Å². The van der Waals surface area contributed by atoms with Crippen LogP contribution in [-0.2, 0) is 6.42 Å². The minimum Gasteiger partial charge on any atom is -0.396 e. The summed E-state index contributed by atoms with van der Waals surface area (Å²) in [5.41, 5.74) is 3.82. The summed E-state index contributed by atoms with van der Waals surface area (Å²) < 4.78 is 0. The van der Waals surface area contributed by atoms with Crippen LogP contribution in [0.5, 0.6) is 0 Å². The molecule has 84 valence electrons. The molecule has 0 saturated carbocycles. The number of aryl methyl sites for hydroxylation is 1. The van der Waals surface area contributed by atoms with E-state index in [4.69, 9.17) is 5.11 Å². The lowest BCUT2D eigenvalue weighted by Gasteiger charge is -2.23. The Hall–Kier alpha value is -1.02. The minimum absolute atomic E-state index is 0.226. The third kappa shape index (κ3) is 2.96. The van der Waals surface area contributed by atoms with Crippen molar-refractivity contribution in [2.45, 2.75) is 27.2 Å². The standard InChI is InChI=1S/C13H21NO/c1-4-14(5-2)13-7-6-12(8-9-15)10-11(13)3/h6-7,10,15H,4-5,8-9H2,1-3H3. The van der Waals surface area contributed by atoms with Crippen molar-refractivity contribution < 1.29 is 5.11 Å². The lowest BCUT2D eigenvalue weighted by molar-refractivity contribution is 0.299. The molecule has 2 heteroatoms. The van der Waals surface area contributed by atoms with Gasteiger partial charge in [-0.15, -0.1) is 0 Å². The zero-order valence-corrected chi connectivity index (χ0v) is 9.95. The van der Waals surface area contributed by atoms with Crippen LogP contribution >= 0.6 is 0 Å². The van der Waals surface area contributed by atoms with E-state index in [1.807, 2.05) is 0 Å². The number of hydrogen-bond acceptors (Lipinski definition) is 2. The molecule has 0 spiro atoms. The van der Waals surface area contributed by atoms with Crippen LogP contribution < -0.4 is 4.90 Å². The third-order valence-corrected chi connectivity index (χ3v) is 2.77. The maximum atomic E-state index is 8.87. The monoisotopic (exact) mass is 207 g/mol. The fourth-order valence-electron chi connectivity index (χ4n) is 1.92. The van der Waals surface area contributed by atoms with Crippen LogP contribution in [-0.4, -0.2) is 24.8 Å². The van der Waals surface area contributed by atoms with Gasteiger partial charge < -0.3 is 10.0 Å². The van der Waals surface area contributed by atoms with Gasteiger partial charge in [0, 0.05) is 25.4 Å². The highest BCUT2D eigenvalue weighted by molar-refractivity contribution is 5.54. The van der Waals surface area contributed by atoms with Crippen LogP contribution in [0.4, 0.5) is 5.69 Å². The lowest BCUT2D eigenvalue weighted by atomic mass is 10.1. The van der Waals surface area contributed by atoms with Gasteiger partial charge in [0.1, 0.15) is 0 Å². The molecular weight excluding hydrogens is 186 g/mol. The van der Waals surface area contributed by atoms with Crippen molar-refractivity contribution in [3.8, 4) is 0 Å². The Kier molecular flexibility index (Phi) is 4.63. The fourth-order valence-corrected chi connectivity index (χ4v) is 1.92. The van der Waals surface area contributed by atoms with Gasteiger partial charge in [0.25, 0.3) is 0 Å². The summed E-state index contributed by atoms with van der Waals surface area (Å²) in [7, 11) is 0. The molecule has 1 aromatic rings. The summed E-state index contributed by atoms with van der Waals surface area (Å²) in [5, 5.41) is 8.87. The predicted octanol–water partition coefficient (Wildman–Crippen LogP) is 2.38. The molecule has 0 radical (unpaired) electrons. The average Bonchev–Trinajstić information content (AvgIpc) is 2.23. The van der Waals surface area contributed by atoms with Crippen molar-refractivity contribution >= 4 is 5.69 Å². The summed E-state index contributed by atoms with van der Waals surface area (Å²) in [6.07, 6.45) is 0.749. The number of nitrogens with zero attached hydrogens (tertiary/aromatic N) is 1. The lowest BCUT2D eigenvalue weighted by Crippen LogP contribution is -2.22. The van der Waals surface area contributed by atoms with Gasteiger partial charge in [-0.25, -0.2) is 0 Å². The van der Waals surface area contributed by atoms with E-state index in [9.17, 15) is 0 Å². The van der Waals surface area contributed by atoms with Gasteiger partial charge in [0.15, 0.2) is 0 Å². The van der Waals surface area contributed by atoms with Crippen molar-refractivity contribution in [1.29, 1.82) is 0 Å². The smallest absolute Gasteiger partial charge is 0.0471 e. The molecule has 0 fully saturated rings. The van der Waals surface area contributed by atoms with Crippen LogP contribution in [0.2, 0.25) is 0 Å². The average molecular weight is 207 g/mol. The van der Waals surface area contributed by atoms with Crippen LogP contribution in [0.15, 0.2) is 18.2 Å². The highest BCUT2D eigenvalue weighted by Crippen LogP contribution is 2.21. The van der Waals surface area contributed by atoms with E-state index in [2.05, 4.69) is 43.9 Å². The summed E-state index contributed by atoms with van der Waals surface area (Å²) in [4.78, 5) is 2.35. The zero-order chi connectivity index (χ0) is 11.3. The highest BCUT2D eigenvalue weighted by atomic mass is 16.2. The summed E-state index contributed by atoms with van der Waals surface area (Å²) >= 11 is 0. The predicted molar refractivity (Wildman–Crippen MR) is 65.5 cm³/mol. The number of anilines is 1. The van der Waals surface area contributed by atoms with Crippen molar-refractivity contribution in [2.24, 2.45) is 0 Å². The molecule has 0 heterocycles. The molecule has 0 aliphatic carbocycles. The van der Waals surface area contributed by atoms with Gasteiger partial charge in [-0.1, -0.05) is 12.1 Å². The van der Waals surface area contributed by atoms with E-state index in [1.165, 1.54) is 16.8 Å². The second-order valence-electron chi connectivity index (χ2n) is 3.77. The maximum absolute atomic E-state index is 8.87. The van der Waals surface area contributed by atoms with Crippen LogP contribution in [0.3, 0.4) is 0 Å². The van der Waals surface area contributed by atoms with E-state index in [0.717, 1.165) is 19.5 Å². The first kappa shape index (κ1) is 12.1. The van der Waals surface area contributed by atoms with Crippen molar-refractivity contribution in [2.75, 3.05) is 24.6 Å². The third-order valence-electron chi connectivity index (χ3n) is 2.77. The summed E-state index contributed by atoms with van der Waals surface area (Å²) in [5.74, 6) is 0. The Balaban J connectivity index is 2.91. The molecule has 0 bridgehead atoms. The Bertz CT molecular complexity index is 305. The maximum Gasteiger partial charge on any atom is 0.0471 e. The summed E-state index contributed by atoms with van der Waals surface area (Å²) in [6, 6.07) is 6.44. The van der Waals surface area contributed by atoms with Crippen molar-refractivity contribution in [1.82, 2.24) is 0 Å². The first-order valence-electron chi connectivity index (χ1n) is 5.68. The second kappa shape index (κ2) is 5.76. The first-order valence-corrected chi connectivity index (χ1v) is 5.68. The molecule has 1 N–H and O–H groups in total. The largest absolute Gasteiger partial charge is 0.396 e. The molecule has 0 amide bonds. The van der Waals surface area contributed by atoms with Gasteiger partial charge >= 0.3 is 0 Å². The van der Waals surface area contributed by atoms with Gasteiger partial charge in [-0.05, 0) is 44.4 Å². The molecule has 15 heavy (non-hydrogen) atoms. The molecule has 1 rings (SSSR count). The molecule has 0 unspecified atom stereocenters. The number of rotatable bonds is 5. The fraction of sp³-hybridized carbons (Fsp3) is 0.538. The van der Waals surface area contributed by atoms with Gasteiger partial charge in [-0.3, -0.25) is 0 Å². The molecule has 0 saturated heterocycles. The topological polar surface area (TPSA) is 23.5 Å². The molecular formula is C13H21NO. The number of aliphatic hydroxyl groups is 1. The molecule has 2 nitrogen and oxygen atoms in total. The van der Waals surface area contributed by atoms with Gasteiger partial charge in [0.2, 0.25) is 0 Å². The highest BCUT2D eigenvalue weighted by Gasteiger charge is 2.05. The van der Waals surface area contributed by atoms with Crippen molar-refractivity contribution in [3.63, 3.8) is 0 Å². The van der Waals surface area contributed by atoms with E-state index in [1.54, 1.807) is 0 Å². The Morgan fingerprint density at radius 3 is 2.33 bits per heavy atom. The number of benzene rings is 1. The Morgan fingerprint density at radius 1 is 1.20 bits per heavy atom. The van der Waals surface area contributed by atoms with E-state index >= 15 is 0 Å². The number of aliphatic hydroxyl groups excluding tert-OH is 1. The number of hydrogen-bond donors (Lipinski definition) is 1. The van der Waals surface area contributed by atoms with E-state index in [0.29, 0.717) is 0 Å². The SMILES string of the molecule is CCN(CC)c1ccc(CCO)cc1C. The molecule has 0 aliphatic rings. The molecule has 0 aliphatic heterocycles. The quantitative estimate of drug-likeness (QED) is 0.801. The second-order valence-corrected chi connectivity index (χ2v) is 3.77. The zero-order valence-electron chi connectivity index (χ0n) is 9.95. The Morgan fingerprint density at radius 2 is 1.87 bits per heavy atom. The molecule has 0 atom stereocenters. The molecule has 0 aromatic heterocycles. The van der Waals surface area contributed by atoms with Crippen LogP contribution in [0.1, 0.15) is 25.0 Å². The van der Waals surface area contributed by atoms with E-state index in [-0.39, 0.29) is 6.61 Å². The summed E-state index contributed by atoms with van der Waals surface area (Å²) in [6.45, 7) is 8.78.